The molecule has 24 heavy (non-hydrogen) atoms. The van der Waals surface area contributed by atoms with Crippen LogP contribution in [0.25, 0.3) is 5.70 Å². The van der Waals surface area contributed by atoms with Crippen LogP contribution in [0.1, 0.15) is 15.9 Å². The van der Waals surface area contributed by atoms with E-state index in [4.69, 9.17) is 9.47 Å². The maximum absolute atomic E-state index is 11.0. The Balaban J connectivity index is 1.92. The van der Waals surface area contributed by atoms with Crippen molar-refractivity contribution in [3.8, 4) is 5.75 Å². The van der Waals surface area contributed by atoms with Crippen LogP contribution in [-0.2, 0) is 4.74 Å². The van der Waals surface area contributed by atoms with Crippen LogP contribution in [-0.4, -0.2) is 32.4 Å². The van der Waals surface area contributed by atoms with E-state index in [0.717, 1.165) is 29.0 Å². The molecule has 6 nitrogen and oxygen atoms in total. The van der Waals surface area contributed by atoms with E-state index in [1.165, 1.54) is 0 Å². The molecule has 0 fully saturated rings. The average molecular weight is 325 g/mol. The number of ether oxygens (including phenoxy) is 2. The third kappa shape index (κ3) is 3.24. The van der Waals surface area contributed by atoms with Crippen molar-refractivity contribution in [1.29, 1.82) is 0 Å². The topological polar surface area (TPSA) is 54.0 Å². The molecule has 0 atom stereocenters. The summed E-state index contributed by atoms with van der Waals surface area (Å²) in [4.78, 5) is 11.0. The number of carbonyl (C=O) groups excluding carboxylic acids is 1. The van der Waals surface area contributed by atoms with Gasteiger partial charge in [-0.2, -0.15) is 0 Å². The van der Waals surface area contributed by atoms with Crippen LogP contribution in [0.5, 0.6) is 5.75 Å². The van der Waals surface area contributed by atoms with Gasteiger partial charge < -0.3 is 9.47 Å². The molecule has 2 aromatic rings. The number of hydrogen-bond donors (Lipinski definition) is 1. The predicted octanol–water partition coefficient (Wildman–Crippen LogP) is 2.65. The number of nitrogens with one attached hydrogen (secondary N) is 1. The molecule has 0 unspecified atom stereocenters. The van der Waals surface area contributed by atoms with Crippen molar-refractivity contribution in [2.24, 2.45) is 0 Å². The van der Waals surface area contributed by atoms with Crippen molar-refractivity contribution < 1.29 is 14.3 Å². The molecule has 0 bridgehead atoms. The van der Waals surface area contributed by atoms with Crippen molar-refractivity contribution in [3.63, 3.8) is 0 Å². The second-order valence-electron chi connectivity index (χ2n) is 5.26. The molecule has 3 rings (SSSR count). The SMILES string of the molecule is COCN1NC(c2ccc(OC)cc2)=CN1c1cccc(C=O)c1. The largest absolute Gasteiger partial charge is 0.497 e. The van der Waals surface area contributed by atoms with E-state index in [0.29, 0.717) is 12.3 Å². The molecule has 0 saturated heterocycles. The van der Waals surface area contributed by atoms with Gasteiger partial charge in [0.05, 0.1) is 18.5 Å². The van der Waals surface area contributed by atoms with Gasteiger partial charge in [0.1, 0.15) is 18.8 Å². The van der Waals surface area contributed by atoms with Gasteiger partial charge >= 0.3 is 0 Å². The fraction of sp³-hybridized carbons (Fsp3) is 0.167. The monoisotopic (exact) mass is 325 g/mol. The Morgan fingerprint density at radius 3 is 2.58 bits per heavy atom. The maximum Gasteiger partial charge on any atom is 0.150 e. The van der Waals surface area contributed by atoms with Crippen LogP contribution in [0.2, 0.25) is 0 Å². The van der Waals surface area contributed by atoms with Gasteiger partial charge in [0.15, 0.2) is 0 Å². The van der Waals surface area contributed by atoms with E-state index < -0.39 is 0 Å². The molecule has 124 valence electrons. The molecule has 1 aliphatic heterocycles. The predicted molar refractivity (Wildman–Crippen MR) is 92.1 cm³/mol. The van der Waals surface area contributed by atoms with Gasteiger partial charge in [0, 0.05) is 24.4 Å². The second kappa shape index (κ2) is 7.16. The van der Waals surface area contributed by atoms with E-state index in [9.17, 15) is 4.79 Å². The van der Waals surface area contributed by atoms with Crippen LogP contribution >= 0.6 is 0 Å². The fourth-order valence-corrected chi connectivity index (χ4v) is 2.49. The van der Waals surface area contributed by atoms with E-state index in [1.54, 1.807) is 20.3 Å². The molecule has 0 radical (unpaired) electrons. The van der Waals surface area contributed by atoms with Crippen LogP contribution in [0.3, 0.4) is 0 Å². The van der Waals surface area contributed by atoms with Crippen LogP contribution < -0.4 is 15.2 Å². The lowest BCUT2D eigenvalue weighted by molar-refractivity contribution is 0.0474. The quantitative estimate of drug-likeness (QED) is 0.824. The maximum atomic E-state index is 11.0. The van der Waals surface area contributed by atoms with Crippen molar-refractivity contribution in [3.05, 3.63) is 65.9 Å². The summed E-state index contributed by atoms with van der Waals surface area (Å²) in [5.41, 5.74) is 6.73. The average Bonchev–Trinajstić information content (AvgIpc) is 3.06. The van der Waals surface area contributed by atoms with E-state index in [2.05, 4.69) is 5.43 Å². The smallest absolute Gasteiger partial charge is 0.150 e. The van der Waals surface area contributed by atoms with Gasteiger partial charge in [-0.15, -0.1) is 5.12 Å². The number of benzene rings is 2. The highest BCUT2D eigenvalue weighted by Crippen LogP contribution is 2.27. The third-order valence-corrected chi connectivity index (χ3v) is 3.68. The third-order valence-electron chi connectivity index (χ3n) is 3.68. The van der Waals surface area contributed by atoms with Gasteiger partial charge in [-0.05, 0) is 36.4 Å². The molecule has 0 spiro atoms. The minimum Gasteiger partial charge on any atom is -0.497 e. The highest BCUT2D eigenvalue weighted by Gasteiger charge is 2.23. The zero-order valence-corrected chi connectivity index (χ0v) is 13.6. The van der Waals surface area contributed by atoms with Crippen molar-refractivity contribution in [1.82, 2.24) is 10.5 Å². The summed E-state index contributed by atoms with van der Waals surface area (Å²) >= 11 is 0. The van der Waals surface area contributed by atoms with E-state index in [-0.39, 0.29) is 0 Å². The van der Waals surface area contributed by atoms with Crippen molar-refractivity contribution in [2.45, 2.75) is 0 Å². The Hall–Kier alpha value is -2.83. The molecular weight excluding hydrogens is 306 g/mol. The second-order valence-corrected chi connectivity index (χ2v) is 5.26. The first-order valence-corrected chi connectivity index (χ1v) is 7.49. The fourth-order valence-electron chi connectivity index (χ4n) is 2.49. The number of aldehydes is 1. The molecule has 1 aliphatic rings. The normalized spacial score (nSPS) is 14.2. The molecule has 0 aromatic heterocycles. The number of nitrogens with zero attached hydrogens (tertiary/aromatic N) is 2. The lowest BCUT2D eigenvalue weighted by atomic mass is 10.1. The summed E-state index contributed by atoms with van der Waals surface area (Å²) in [6.07, 6.45) is 2.80. The first-order chi connectivity index (χ1) is 11.7. The van der Waals surface area contributed by atoms with E-state index in [1.807, 2.05) is 58.8 Å². The minimum absolute atomic E-state index is 0.349. The number of carbonyl (C=O) groups is 1. The number of hydrogen-bond acceptors (Lipinski definition) is 6. The molecule has 0 aliphatic carbocycles. The minimum atomic E-state index is 0.349. The van der Waals surface area contributed by atoms with Crippen LogP contribution in [0.15, 0.2) is 54.7 Å². The van der Waals surface area contributed by atoms with E-state index >= 15 is 0 Å². The summed E-state index contributed by atoms with van der Waals surface area (Å²) < 4.78 is 10.4. The lowest BCUT2D eigenvalue weighted by Gasteiger charge is -2.27. The summed E-state index contributed by atoms with van der Waals surface area (Å²) in [6, 6.07) is 15.2. The Morgan fingerprint density at radius 1 is 1.12 bits per heavy atom. The highest BCUT2D eigenvalue weighted by molar-refractivity contribution is 5.78. The van der Waals surface area contributed by atoms with Gasteiger partial charge in [-0.3, -0.25) is 15.2 Å². The van der Waals surface area contributed by atoms with Crippen LogP contribution in [0.4, 0.5) is 5.69 Å². The Morgan fingerprint density at radius 2 is 1.92 bits per heavy atom. The Kier molecular flexibility index (Phi) is 4.79. The number of anilines is 1. The van der Waals surface area contributed by atoms with Crippen molar-refractivity contribution in [2.75, 3.05) is 26.0 Å². The molecule has 0 saturated carbocycles. The summed E-state index contributed by atoms with van der Waals surface area (Å²) in [5, 5.41) is 3.74. The molecule has 6 heteroatoms. The van der Waals surface area contributed by atoms with Gasteiger partial charge in [-0.25, -0.2) is 0 Å². The number of rotatable bonds is 6. The lowest BCUT2D eigenvalue weighted by Crippen LogP contribution is -2.43. The van der Waals surface area contributed by atoms with Gasteiger partial charge in [0.25, 0.3) is 0 Å². The summed E-state index contributed by atoms with van der Waals surface area (Å²) in [5.74, 6) is 0.807. The van der Waals surface area contributed by atoms with Gasteiger partial charge in [0.2, 0.25) is 0 Å². The molecule has 1 N–H and O–H groups in total. The molecular formula is C18H19N3O3. The molecule has 2 aromatic carbocycles. The summed E-state index contributed by atoms with van der Waals surface area (Å²) in [7, 11) is 3.28. The molecule has 0 amide bonds. The van der Waals surface area contributed by atoms with Crippen molar-refractivity contribution >= 4 is 17.7 Å². The van der Waals surface area contributed by atoms with Crippen LogP contribution in [0, 0.1) is 0 Å². The first kappa shape index (κ1) is 16.0. The zero-order chi connectivity index (χ0) is 16.9. The highest BCUT2D eigenvalue weighted by atomic mass is 16.5. The number of methoxy groups -OCH3 is 2. The molecule has 1 heterocycles. The standard InChI is InChI=1S/C18H19N3O3/c1-23-13-21-19-18(15-6-8-17(24-2)9-7-15)11-20(21)16-5-3-4-14(10-16)12-22/h3-12,19H,13H2,1-2H3. The van der Waals surface area contributed by atoms with Gasteiger partial charge in [-0.1, -0.05) is 12.1 Å². The number of hydrazine groups is 2. The zero-order valence-electron chi connectivity index (χ0n) is 13.6. The Labute approximate surface area is 140 Å². The first-order valence-electron chi connectivity index (χ1n) is 7.49. The Bertz CT molecular complexity index is 743. The summed E-state index contributed by atoms with van der Waals surface area (Å²) in [6.45, 7) is 0.349.